The van der Waals surface area contributed by atoms with Gasteiger partial charge in [-0.1, -0.05) is 20.8 Å². The summed E-state index contributed by atoms with van der Waals surface area (Å²) in [6.45, 7) is 6.29. The highest BCUT2D eigenvalue weighted by atomic mass is 16.4. The second kappa shape index (κ2) is 8.38. The summed E-state index contributed by atoms with van der Waals surface area (Å²) in [5, 5.41) is 29.1. The van der Waals surface area contributed by atoms with Gasteiger partial charge in [0.15, 0.2) is 0 Å². The zero-order valence-electron chi connectivity index (χ0n) is 20.0. The van der Waals surface area contributed by atoms with E-state index in [4.69, 9.17) is 5.11 Å². The number of hydrogen-bond donors (Lipinski definition) is 3. The molecule has 0 saturated heterocycles. The van der Waals surface area contributed by atoms with Crippen LogP contribution in [-0.2, 0) is 19.2 Å². The van der Waals surface area contributed by atoms with E-state index in [1.54, 1.807) is 0 Å². The predicted octanol–water partition coefficient (Wildman–Crippen LogP) is 4.34. The SMILES string of the molecule is C[C@@H](CCC(=O)O)[C@H]1CC[C@@H]2[C@H]3C(=O)C[C@@H]4C[C@H](C(=O)O)CC[C@]4(C)[C@@H]3C[C@H](C(=O)O)[C@@]21C. The van der Waals surface area contributed by atoms with Crippen LogP contribution in [0.3, 0.4) is 0 Å². The fraction of sp³-hybridized carbons (Fsp3) is 0.846. The van der Waals surface area contributed by atoms with Gasteiger partial charge in [0, 0.05) is 18.8 Å². The highest BCUT2D eigenvalue weighted by molar-refractivity contribution is 5.84. The lowest BCUT2D eigenvalue weighted by atomic mass is 9.41. The van der Waals surface area contributed by atoms with Gasteiger partial charge in [0.25, 0.3) is 0 Å². The number of ketones is 1. The number of carboxylic acid groups (broad SMARTS) is 3. The van der Waals surface area contributed by atoms with Crippen LogP contribution in [0.4, 0.5) is 0 Å². The van der Waals surface area contributed by atoms with Crippen molar-refractivity contribution in [2.24, 2.45) is 58.2 Å². The molecule has 4 aliphatic rings. The number of fused-ring (bicyclic) bond motifs is 5. The van der Waals surface area contributed by atoms with Crippen LogP contribution in [0.5, 0.6) is 0 Å². The first-order chi connectivity index (χ1) is 15.4. The molecule has 10 atom stereocenters. The van der Waals surface area contributed by atoms with E-state index in [0.717, 1.165) is 19.3 Å². The molecule has 4 saturated carbocycles. The number of carboxylic acids is 3. The van der Waals surface area contributed by atoms with Gasteiger partial charge in [-0.25, -0.2) is 0 Å². The first-order valence-corrected chi connectivity index (χ1v) is 12.6. The van der Waals surface area contributed by atoms with Crippen LogP contribution in [-0.4, -0.2) is 39.0 Å². The zero-order chi connectivity index (χ0) is 24.3. The summed E-state index contributed by atoms with van der Waals surface area (Å²) >= 11 is 0. The Bertz CT molecular complexity index is 852. The van der Waals surface area contributed by atoms with Gasteiger partial charge in [0.05, 0.1) is 11.8 Å². The predicted molar refractivity (Wildman–Crippen MR) is 119 cm³/mol. The monoisotopic (exact) mass is 462 g/mol. The minimum atomic E-state index is -0.835. The van der Waals surface area contributed by atoms with E-state index in [9.17, 15) is 29.4 Å². The van der Waals surface area contributed by atoms with Gasteiger partial charge in [-0.05, 0) is 85.4 Å². The van der Waals surface area contributed by atoms with Gasteiger partial charge in [-0.2, -0.15) is 0 Å². The fourth-order valence-electron chi connectivity index (χ4n) is 9.05. The van der Waals surface area contributed by atoms with Crippen molar-refractivity contribution in [2.45, 2.75) is 78.6 Å². The Kier molecular flexibility index (Phi) is 6.15. The van der Waals surface area contributed by atoms with Crippen LogP contribution in [0.15, 0.2) is 0 Å². The zero-order valence-corrected chi connectivity index (χ0v) is 20.0. The van der Waals surface area contributed by atoms with Crippen molar-refractivity contribution in [1.29, 1.82) is 0 Å². The molecule has 33 heavy (non-hydrogen) atoms. The van der Waals surface area contributed by atoms with Crippen molar-refractivity contribution in [3.05, 3.63) is 0 Å². The van der Waals surface area contributed by atoms with Crippen molar-refractivity contribution in [3.63, 3.8) is 0 Å². The van der Waals surface area contributed by atoms with E-state index in [0.29, 0.717) is 32.1 Å². The molecule has 0 heterocycles. The number of Topliss-reactive ketones (excluding diaryl/α,β-unsaturated/α-hetero) is 1. The van der Waals surface area contributed by atoms with Crippen molar-refractivity contribution >= 4 is 23.7 Å². The summed E-state index contributed by atoms with van der Waals surface area (Å²) in [4.78, 5) is 49.0. The van der Waals surface area contributed by atoms with Crippen LogP contribution in [0.25, 0.3) is 0 Å². The highest BCUT2D eigenvalue weighted by Gasteiger charge is 2.67. The van der Waals surface area contributed by atoms with Gasteiger partial charge in [0.1, 0.15) is 5.78 Å². The summed E-state index contributed by atoms with van der Waals surface area (Å²) in [5.74, 6) is -3.22. The number of carbonyl (C=O) groups is 4. The molecule has 4 fully saturated rings. The molecule has 0 aromatic heterocycles. The number of rotatable bonds is 6. The van der Waals surface area contributed by atoms with Crippen LogP contribution < -0.4 is 0 Å². The number of aliphatic carboxylic acids is 3. The summed E-state index contributed by atoms with van der Waals surface area (Å²) < 4.78 is 0. The van der Waals surface area contributed by atoms with E-state index in [1.807, 2.05) is 6.92 Å². The smallest absolute Gasteiger partial charge is 0.307 e. The molecule has 3 N–H and O–H groups in total. The molecule has 0 amide bonds. The topological polar surface area (TPSA) is 129 Å². The molecule has 4 aliphatic carbocycles. The quantitative estimate of drug-likeness (QED) is 0.535. The first kappa shape index (κ1) is 24.2. The molecule has 0 spiro atoms. The van der Waals surface area contributed by atoms with Crippen molar-refractivity contribution in [2.75, 3.05) is 0 Å². The minimum absolute atomic E-state index is 0.00268. The maximum Gasteiger partial charge on any atom is 0.307 e. The summed E-state index contributed by atoms with van der Waals surface area (Å²) in [7, 11) is 0. The molecule has 7 nitrogen and oxygen atoms in total. The van der Waals surface area contributed by atoms with Gasteiger partial charge in [-0.3, -0.25) is 19.2 Å². The summed E-state index contributed by atoms with van der Waals surface area (Å²) in [6.07, 6.45) is 4.95. The molecule has 0 unspecified atom stereocenters. The standard InChI is InChI=1S/C26H38O7/c1-13(4-7-21(28)29)16-5-6-17-22-18(12-19(24(32)33)26(16,17)3)25(2)9-8-14(23(30)31)10-15(25)11-20(22)27/h13-19,22H,4-12H2,1-3H3,(H,28,29)(H,30,31)(H,32,33)/t13-,14+,15-,16+,17+,18+,19+,22+,25-,26+/m0/s1. The van der Waals surface area contributed by atoms with Gasteiger partial charge in [0.2, 0.25) is 0 Å². The van der Waals surface area contributed by atoms with Crippen LogP contribution in [0, 0.1) is 58.2 Å². The Morgan fingerprint density at radius 3 is 2.30 bits per heavy atom. The van der Waals surface area contributed by atoms with E-state index in [1.165, 1.54) is 0 Å². The summed E-state index contributed by atoms with van der Waals surface area (Å²) in [6, 6.07) is 0. The molecule has 0 aromatic rings. The third-order valence-electron chi connectivity index (χ3n) is 10.8. The second-order valence-electron chi connectivity index (χ2n) is 12.0. The molecular weight excluding hydrogens is 424 g/mol. The van der Waals surface area contributed by atoms with E-state index < -0.39 is 35.2 Å². The molecule has 0 aliphatic heterocycles. The lowest BCUT2D eigenvalue weighted by Gasteiger charge is -2.61. The Hall–Kier alpha value is -1.92. The Morgan fingerprint density at radius 1 is 1.00 bits per heavy atom. The molecule has 0 radical (unpaired) electrons. The normalized spacial score (nSPS) is 45.4. The van der Waals surface area contributed by atoms with Gasteiger partial charge in [-0.15, -0.1) is 0 Å². The Labute approximate surface area is 195 Å². The first-order valence-electron chi connectivity index (χ1n) is 12.6. The fourth-order valence-corrected chi connectivity index (χ4v) is 9.05. The van der Waals surface area contributed by atoms with Gasteiger partial charge >= 0.3 is 17.9 Å². The third kappa shape index (κ3) is 3.70. The largest absolute Gasteiger partial charge is 0.481 e. The Balaban J connectivity index is 1.67. The average molecular weight is 463 g/mol. The summed E-state index contributed by atoms with van der Waals surface area (Å²) in [5.41, 5.74) is -0.728. The second-order valence-corrected chi connectivity index (χ2v) is 12.0. The molecular formula is C26H38O7. The maximum absolute atomic E-state index is 13.6. The molecule has 4 rings (SSSR count). The average Bonchev–Trinajstić information content (AvgIpc) is 3.09. The van der Waals surface area contributed by atoms with E-state index in [2.05, 4.69) is 13.8 Å². The molecule has 0 aromatic carbocycles. The lowest BCUT2D eigenvalue weighted by Crippen LogP contribution is -2.61. The van der Waals surface area contributed by atoms with Crippen LogP contribution in [0.2, 0.25) is 0 Å². The van der Waals surface area contributed by atoms with Crippen molar-refractivity contribution < 1.29 is 34.5 Å². The lowest BCUT2D eigenvalue weighted by molar-refractivity contribution is -0.182. The number of carbonyl (C=O) groups excluding carboxylic acids is 1. The molecule has 184 valence electrons. The van der Waals surface area contributed by atoms with E-state index in [-0.39, 0.29) is 53.1 Å². The highest BCUT2D eigenvalue weighted by Crippen LogP contribution is 2.69. The Morgan fingerprint density at radius 2 is 1.70 bits per heavy atom. The molecule has 7 heteroatoms. The van der Waals surface area contributed by atoms with Crippen molar-refractivity contribution in [3.8, 4) is 0 Å². The van der Waals surface area contributed by atoms with Crippen molar-refractivity contribution in [1.82, 2.24) is 0 Å². The van der Waals surface area contributed by atoms with Gasteiger partial charge < -0.3 is 15.3 Å². The molecule has 0 bridgehead atoms. The van der Waals surface area contributed by atoms with Crippen LogP contribution >= 0.6 is 0 Å². The van der Waals surface area contributed by atoms with Crippen LogP contribution in [0.1, 0.15) is 78.6 Å². The minimum Gasteiger partial charge on any atom is -0.481 e. The third-order valence-corrected chi connectivity index (χ3v) is 10.8. The van der Waals surface area contributed by atoms with E-state index >= 15 is 0 Å². The maximum atomic E-state index is 13.6. The number of hydrogen-bond acceptors (Lipinski definition) is 4.